The lowest BCUT2D eigenvalue weighted by molar-refractivity contribution is -0.132. The summed E-state index contributed by atoms with van der Waals surface area (Å²) in [6.45, 7) is 2.03. The average molecular weight is 465 g/mol. The van der Waals surface area contributed by atoms with Crippen LogP contribution in [0.15, 0.2) is 91.3 Å². The third-order valence-electron chi connectivity index (χ3n) is 5.61. The van der Waals surface area contributed by atoms with Crippen molar-refractivity contribution in [1.82, 2.24) is 14.8 Å². The van der Waals surface area contributed by atoms with Gasteiger partial charge in [-0.25, -0.2) is 4.68 Å². The van der Waals surface area contributed by atoms with Gasteiger partial charge in [0.25, 0.3) is 0 Å². The summed E-state index contributed by atoms with van der Waals surface area (Å²) in [7, 11) is 0. The van der Waals surface area contributed by atoms with Crippen LogP contribution in [0.5, 0.6) is 11.5 Å². The molecule has 174 valence electrons. The monoisotopic (exact) mass is 464 g/mol. The first-order valence-corrected chi connectivity index (χ1v) is 11.2. The molecule has 0 amide bonds. The summed E-state index contributed by atoms with van der Waals surface area (Å²) in [5.74, 6) is 0.436. The molecule has 3 aromatic carbocycles. The molecule has 0 spiro atoms. The van der Waals surface area contributed by atoms with E-state index in [-0.39, 0.29) is 6.61 Å². The van der Waals surface area contributed by atoms with Crippen molar-refractivity contribution >= 4 is 16.9 Å². The molecule has 2 N–H and O–H groups in total. The quantitative estimate of drug-likeness (QED) is 0.268. The predicted molar refractivity (Wildman–Crippen MR) is 134 cm³/mol. The fourth-order valence-electron chi connectivity index (χ4n) is 3.97. The molecule has 0 fully saturated rings. The van der Waals surface area contributed by atoms with Crippen LogP contribution in [0.3, 0.4) is 0 Å². The van der Waals surface area contributed by atoms with Crippen molar-refractivity contribution in [2.45, 2.75) is 20.1 Å². The number of ether oxygens (including phenoxy) is 2. The Labute approximate surface area is 202 Å². The SMILES string of the molecule is CC(=O)Oc1ccccc1OCc1nn(-c2cccnc2)c2ccc(-c3cccc(CN)c3)cc12. The Bertz CT molecular complexity index is 1500. The number of para-hydroxylation sites is 2. The molecule has 0 saturated heterocycles. The molecule has 0 aliphatic carbocycles. The second-order valence-electron chi connectivity index (χ2n) is 8.04. The Morgan fingerprint density at radius 1 is 0.943 bits per heavy atom. The molecule has 5 rings (SSSR count). The van der Waals surface area contributed by atoms with E-state index >= 15 is 0 Å². The maximum atomic E-state index is 11.5. The molecule has 2 aromatic heterocycles. The van der Waals surface area contributed by atoms with Crippen LogP contribution in [0, 0.1) is 0 Å². The highest BCUT2D eigenvalue weighted by Crippen LogP contribution is 2.31. The van der Waals surface area contributed by atoms with Gasteiger partial charge in [-0.15, -0.1) is 0 Å². The molecular weight excluding hydrogens is 440 g/mol. The molecule has 5 aromatic rings. The average Bonchev–Trinajstić information content (AvgIpc) is 3.26. The number of carbonyl (C=O) groups is 1. The lowest BCUT2D eigenvalue weighted by atomic mass is 10.0. The molecule has 0 aliphatic rings. The van der Waals surface area contributed by atoms with E-state index in [9.17, 15) is 4.79 Å². The molecule has 2 heterocycles. The number of fused-ring (bicyclic) bond motifs is 1. The summed E-state index contributed by atoms with van der Waals surface area (Å²) >= 11 is 0. The van der Waals surface area contributed by atoms with Crippen LogP contribution in [0.25, 0.3) is 27.7 Å². The number of hydrogen-bond donors (Lipinski definition) is 1. The van der Waals surface area contributed by atoms with Gasteiger partial charge in [0.1, 0.15) is 12.3 Å². The summed E-state index contributed by atoms with van der Waals surface area (Å²) in [5.41, 5.74) is 11.6. The van der Waals surface area contributed by atoms with E-state index in [0.717, 1.165) is 39.0 Å². The molecule has 0 aliphatic heterocycles. The van der Waals surface area contributed by atoms with Crippen molar-refractivity contribution in [2.75, 3.05) is 0 Å². The first-order chi connectivity index (χ1) is 17.1. The Morgan fingerprint density at radius 2 is 1.77 bits per heavy atom. The fraction of sp³-hybridized carbons (Fsp3) is 0.107. The molecule has 0 unspecified atom stereocenters. The molecule has 0 bridgehead atoms. The minimum atomic E-state index is -0.406. The van der Waals surface area contributed by atoms with Crippen LogP contribution in [-0.4, -0.2) is 20.7 Å². The number of benzene rings is 3. The highest BCUT2D eigenvalue weighted by Gasteiger charge is 2.15. The summed E-state index contributed by atoms with van der Waals surface area (Å²) in [6, 6.07) is 25.4. The van der Waals surface area contributed by atoms with E-state index in [0.29, 0.717) is 18.0 Å². The Kier molecular flexibility index (Phi) is 6.24. The van der Waals surface area contributed by atoms with Gasteiger partial charge in [0.05, 0.1) is 17.4 Å². The normalized spacial score (nSPS) is 10.9. The lowest BCUT2D eigenvalue weighted by Gasteiger charge is -2.10. The topological polar surface area (TPSA) is 92.3 Å². The van der Waals surface area contributed by atoms with Crippen molar-refractivity contribution in [3.63, 3.8) is 0 Å². The third-order valence-corrected chi connectivity index (χ3v) is 5.61. The van der Waals surface area contributed by atoms with Gasteiger partial charge in [-0.1, -0.05) is 36.4 Å². The van der Waals surface area contributed by atoms with Crippen molar-refractivity contribution in [2.24, 2.45) is 5.73 Å². The van der Waals surface area contributed by atoms with E-state index in [1.807, 2.05) is 35.0 Å². The summed E-state index contributed by atoms with van der Waals surface area (Å²) in [6.07, 6.45) is 3.50. The van der Waals surface area contributed by atoms with Crippen LogP contribution >= 0.6 is 0 Å². The number of carbonyl (C=O) groups excluding carboxylic acids is 1. The molecule has 7 nitrogen and oxygen atoms in total. The standard InChI is InChI=1S/C28H24N4O3/c1-19(33)35-28-10-3-2-9-27(28)34-18-25-24-15-22(21-7-4-6-20(14-21)16-29)11-12-26(24)32(31-25)23-8-5-13-30-17-23/h2-15,17H,16,18,29H2,1H3. The van der Waals surface area contributed by atoms with Crippen LogP contribution in [-0.2, 0) is 17.9 Å². The van der Waals surface area contributed by atoms with Gasteiger partial charge >= 0.3 is 5.97 Å². The first-order valence-electron chi connectivity index (χ1n) is 11.2. The Morgan fingerprint density at radius 3 is 2.54 bits per heavy atom. The van der Waals surface area contributed by atoms with Crippen molar-refractivity contribution in [1.29, 1.82) is 0 Å². The van der Waals surface area contributed by atoms with Gasteiger partial charge < -0.3 is 15.2 Å². The number of rotatable bonds is 7. The van der Waals surface area contributed by atoms with E-state index in [1.54, 1.807) is 30.6 Å². The van der Waals surface area contributed by atoms with Crippen LogP contribution in [0.4, 0.5) is 0 Å². The van der Waals surface area contributed by atoms with Crippen LogP contribution in [0.2, 0.25) is 0 Å². The fourth-order valence-corrected chi connectivity index (χ4v) is 3.97. The number of hydrogen-bond acceptors (Lipinski definition) is 6. The van der Waals surface area contributed by atoms with Crippen LogP contribution in [0.1, 0.15) is 18.2 Å². The Balaban J connectivity index is 1.57. The maximum absolute atomic E-state index is 11.5. The van der Waals surface area contributed by atoms with Gasteiger partial charge in [-0.3, -0.25) is 9.78 Å². The first kappa shape index (κ1) is 22.3. The van der Waals surface area contributed by atoms with Gasteiger partial charge in [0, 0.05) is 25.1 Å². The van der Waals surface area contributed by atoms with Gasteiger partial charge in [-0.05, 0) is 59.2 Å². The molecule has 0 saturated carbocycles. The summed E-state index contributed by atoms with van der Waals surface area (Å²) < 4.78 is 13.2. The zero-order valence-electron chi connectivity index (χ0n) is 19.2. The second-order valence-corrected chi connectivity index (χ2v) is 8.04. The smallest absolute Gasteiger partial charge is 0.308 e. The molecule has 35 heavy (non-hydrogen) atoms. The number of esters is 1. The molecular formula is C28H24N4O3. The zero-order chi connectivity index (χ0) is 24.2. The molecule has 0 radical (unpaired) electrons. The number of pyridine rings is 1. The number of aromatic nitrogens is 3. The van der Waals surface area contributed by atoms with Gasteiger partial charge in [-0.2, -0.15) is 5.10 Å². The molecule has 0 atom stereocenters. The number of nitrogens with zero attached hydrogens (tertiary/aromatic N) is 3. The van der Waals surface area contributed by atoms with Gasteiger partial charge in [0.15, 0.2) is 11.5 Å². The van der Waals surface area contributed by atoms with E-state index in [1.165, 1.54) is 6.92 Å². The largest absolute Gasteiger partial charge is 0.483 e. The summed E-state index contributed by atoms with van der Waals surface area (Å²) in [4.78, 5) is 15.7. The minimum Gasteiger partial charge on any atom is -0.483 e. The lowest BCUT2D eigenvalue weighted by Crippen LogP contribution is -2.05. The van der Waals surface area contributed by atoms with Gasteiger partial charge in [0.2, 0.25) is 0 Å². The Hall–Kier alpha value is -4.49. The van der Waals surface area contributed by atoms with Crippen molar-refractivity contribution in [3.05, 3.63) is 103 Å². The van der Waals surface area contributed by atoms with E-state index in [2.05, 4.69) is 35.3 Å². The zero-order valence-corrected chi connectivity index (χ0v) is 19.2. The van der Waals surface area contributed by atoms with E-state index in [4.69, 9.17) is 20.3 Å². The minimum absolute atomic E-state index is 0.189. The maximum Gasteiger partial charge on any atom is 0.308 e. The predicted octanol–water partition coefficient (Wildman–Crippen LogP) is 5.05. The van der Waals surface area contributed by atoms with Crippen molar-refractivity contribution < 1.29 is 14.3 Å². The third kappa shape index (κ3) is 4.76. The summed E-state index contributed by atoms with van der Waals surface area (Å²) in [5, 5.41) is 5.81. The second kappa shape index (κ2) is 9.79. The molecule has 7 heteroatoms. The number of nitrogens with two attached hydrogens (primary N) is 1. The van der Waals surface area contributed by atoms with Crippen LogP contribution < -0.4 is 15.2 Å². The van der Waals surface area contributed by atoms with Crippen molar-refractivity contribution in [3.8, 4) is 28.3 Å². The highest BCUT2D eigenvalue weighted by atomic mass is 16.6. The van der Waals surface area contributed by atoms with E-state index < -0.39 is 5.97 Å². The highest BCUT2D eigenvalue weighted by molar-refractivity contribution is 5.88.